The van der Waals surface area contributed by atoms with Gasteiger partial charge in [0, 0.05) is 0 Å². The Labute approximate surface area is 75.7 Å². The lowest BCUT2D eigenvalue weighted by atomic mass is 10.0. The summed E-state index contributed by atoms with van der Waals surface area (Å²) in [6.45, 7) is 0.497. The number of hydrogen-bond acceptors (Lipinski definition) is 6. The van der Waals surface area contributed by atoms with Gasteiger partial charge in [0.2, 0.25) is 0 Å². The van der Waals surface area contributed by atoms with Crippen LogP contribution in [0, 0.1) is 0 Å². The van der Waals surface area contributed by atoms with Gasteiger partial charge in [0.15, 0.2) is 0 Å². The second-order valence-corrected chi connectivity index (χ2v) is 2.96. The predicted molar refractivity (Wildman–Crippen MR) is 42.8 cm³/mol. The van der Waals surface area contributed by atoms with Crippen LogP contribution in [0.15, 0.2) is 0 Å². The second kappa shape index (κ2) is 5.48. The van der Waals surface area contributed by atoms with E-state index in [4.69, 9.17) is 30.6 Å². The zero-order valence-electron chi connectivity index (χ0n) is 7.28. The van der Waals surface area contributed by atoms with Crippen LogP contribution in [-0.2, 0) is 0 Å². The van der Waals surface area contributed by atoms with E-state index in [1.54, 1.807) is 0 Å². The first kappa shape index (κ1) is 12.8. The van der Waals surface area contributed by atoms with Crippen molar-refractivity contribution in [2.75, 3.05) is 6.61 Å². The summed E-state index contributed by atoms with van der Waals surface area (Å²) in [5, 5.41) is 53.4. The van der Waals surface area contributed by atoms with Crippen LogP contribution in [-0.4, -0.2) is 67.8 Å². The fourth-order valence-corrected chi connectivity index (χ4v) is 0.823. The van der Waals surface area contributed by atoms with E-state index in [1.807, 2.05) is 0 Å². The number of aliphatic hydroxyl groups excluding tert-OH is 6. The van der Waals surface area contributed by atoms with Gasteiger partial charge in [-0.2, -0.15) is 0 Å². The molecule has 0 aromatic rings. The molecule has 0 aliphatic rings. The van der Waals surface area contributed by atoms with Crippen molar-refractivity contribution < 1.29 is 30.6 Å². The highest BCUT2D eigenvalue weighted by molar-refractivity contribution is 4.82. The molecule has 0 bridgehead atoms. The maximum Gasteiger partial charge on any atom is 0.111 e. The summed E-state index contributed by atoms with van der Waals surface area (Å²) in [5.41, 5.74) is 0. The van der Waals surface area contributed by atoms with Crippen molar-refractivity contribution in [3.05, 3.63) is 0 Å². The first-order valence-corrected chi connectivity index (χ1v) is 3.93. The molecule has 0 spiro atoms. The molecular formula is C7H16O6. The van der Waals surface area contributed by atoms with Crippen LogP contribution in [0.3, 0.4) is 0 Å². The van der Waals surface area contributed by atoms with Crippen molar-refractivity contribution in [3.8, 4) is 0 Å². The van der Waals surface area contributed by atoms with Crippen molar-refractivity contribution in [1.82, 2.24) is 0 Å². The molecular weight excluding hydrogens is 180 g/mol. The lowest BCUT2D eigenvalue weighted by Gasteiger charge is -2.26. The normalized spacial score (nSPS) is 23.3. The SMILES string of the molecule is C[C@H](O)[C@H](O)[C@H](O)[C@@H](O)[C@H](O)CO. The molecule has 0 aliphatic heterocycles. The minimum Gasteiger partial charge on any atom is -0.394 e. The van der Waals surface area contributed by atoms with Crippen LogP contribution >= 0.6 is 0 Å². The van der Waals surface area contributed by atoms with Gasteiger partial charge in [-0.3, -0.25) is 0 Å². The molecule has 0 heterocycles. The molecule has 0 unspecified atom stereocenters. The fraction of sp³-hybridized carbons (Fsp3) is 1.00. The highest BCUT2D eigenvalue weighted by Gasteiger charge is 2.32. The quantitative estimate of drug-likeness (QED) is 0.275. The van der Waals surface area contributed by atoms with Crippen molar-refractivity contribution in [2.45, 2.75) is 37.4 Å². The van der Waals surface area contributed by atoms with E-state index in [2.05, 4.69) is 0 Å². The standard InChI is InChI=1S/C7H16O6/c1-3(9)5(11)7(13)6(12)4(10)2-8/h3-13H,2H2,1H3/t3-,4+,5-,6-,7-/m0/s1. The smallest absolute Gasteiger partial charge is 0.111 e. The lowest BCUT2D eigenvalue weighted by molar-refractivity contribution is -0.137. The summed E-state index contributed by atoms with van der Waals surface area (Å²) in [7, 11) is 0. The van der Waals surface area contributed by atoms with E-state index >= 15 is 0 Å². The Bertz CT molecular complexity index is 139. The van der Waals surface area contributed by atoms with Gasteiger partial charge in [-0.05, 0) is 6.92 Å². The summed E-state index contributed by atoms with van der Waals surface area (Å²) in [6.07, 6.45) is -7.70. The predicted octanol–water partition coefficient (Wildman–Crippen LogP) is -3.20. The zero-order chi connectivity index (χ0) is 10.6. The van der Waals surface area contributed by atoms with Gasteiger partial charge in [0.1, 0.15) is 24.4 Å². The molecule has 6 nitrogen and oxygen atoms in total. The Morgan fingerprint density at radius 1 is 0.846 bits per heavy atom. The van der Waals surface area contributed by atoms with Crippen LogP contribution in [0.5, 0.6) is 0 Å². The van der Waals surface area contributed by atoms with E-state index in [0.29, 0.717) is 0 Å². The molecule has 0 radical (unpaired) electrons. The van der Waals surface area contributed by atoms with Gasteiger partial charge in [-0.15, -0.1) is 0 Å². The third kappa shape index (κ3) is 3.55. The number of rotatable bonds is 5. The summed E-state index contributed by atoms with van der Waals surface area (Å²) < 4.78 is 0. The van der Waals surface area contributed by atoms with Crippen LogP contribution < -0.4 is 0 Å². The lowest BCUT2D eigenvalue weighted by Crippen LogP contribution is -2.49. The largest absolute Gasteiger partial charge is 0.394 e. The monoisotopic (exact) mass is 196 g/mol. The topological polar surface area (TPSA) is 121 Å². The highest BCUT2D eigenvalue weighted by Crippen LogP contribution is 2.07. The fourth-order valence-electron chi connectivity index (χ4n) is 0.823. The molecule has 0 saturated heterocycles. The van der Waals surface area contributed by atoms with E-state index in [0.717, 1.165) is 0 Å². The van der Waals surface area contributed by atoms with Gasteiger partial charge in [-0.25, -0.2) is 0 Å². The Morgan fingerprint density at radius 3 is 1.62 bits per heavy atom. The molecule has 6 heteroatoms. The van der Waals surface area contributed by atoms with E-state index in [1.165, 1.54) is 6.92 Å². The summed E-state index contributed by atoms with van der Waals surface area (Å²) >= 11 is 0. The Kier molecular flexibility index (Phi) is 5.38. The van der Waals surface area contributed by atoms with Crippen LogP contribution in [0.25, 0.3) is 0 Å². The van der Waals surface area contributed by atoms with Gasteiger partial charge < -0.3 is 30.6 Å². The van der Waals surface area contributed by atoms with Crippen LogP contribution in [0.4, 0.5) is 0 Å². The third-order valence-electron chi connectivity index (χ3n) is 1.78. The molecule has 0 amide bonds. The van der Waals surface area contributed by atoms with Crippen LogP contribution in [0.2, 0.25) is 0 Å². The molecule has 0 saturated carbocycles. The van der Waals surface area contributed by atoms with Gasteiger partial charge in [0.25, 0.3) is 0 Å². The second-order valence-electron chi connectivity index (χ2n) is 2.96. The molecule has 0 aliphatic carbocycles. The molecule has 13 heavy (non-hydrogen) atoms. The molecule has 80 valence electrons. The van der Waals surface area contributed by atoms with Gasteiger partial charge in [-0.1, -0.05) is 0 Å². The summed E-state index contributed by atoms with van der Waals surface area (Å²) in [5.74, 6) is 0. The third-order valence-corrected chi connectivity index (χ3v) is 1.78. The first-order valence-electron chi connectivity index (χ1n) is 3.93. The number of aliphatic hydroxyl groups is 6. The summed E-state index contributed by atoms with van der Waals surface area (Å²) in [4.78, 5) is 0. The first-order chi connectivity index (χ1) is 5.91. The Balaban J connectivity index is 4.15. The maximum atomic E-state index is 9.13. The van der Waals surface area contributed by atoms with Crippen molar-refractivity contribution in [1.29, 1.82) is 0 Å². The summed E-state index contributed by atoms with van der Waals surface area (Å²) in [6, 6.07) is 0. The molecule has 5 atom stereocenters. The zero-order valence-corrected chi connectivity index (χ0v) is 7.28. The molecule has 0 aromatic carbocycles. The van der Waals surface area contributed by atoms with E-state index in [9.17, 15) is 0 Å². The molecule has 6 N–H and O–H groups in total. The van der Waals surface area contributed by atoms with Crippen molar-refractivity contribution in [2.24, 2.45) is 0 Å². The van der Waals surface area contributed by atoms with Crippen molar-refractivity contribution >= 4 is 0 Å². The number of hydrogen-bond donors (Lipinski definition) is 6. The van der Waals surface area contributed by atoms with E-state index < -0.39 is 37.1 Å². The Morgan fingerprint density at radius 2 is 1.31 bits per heavy atom. The average molecular weight is 196 g/mol. The minimum atomic E-state index is -1.69. The van der Waals surface area contributed by atoms with Crippen molar-refractivity contribution in [3.63, 3.8) is 0 Å². The Hall–Kier alpha value is -0.240. The highest BCUT2D eigenvalue weighted by atomic mass is 16.4. The maximum absolute atomic E-state index is 9.13. The minimum absolute atomic E-state index is 0.731. The van der Waals surface area contributed by atoms with Gasteiger partial charge >= 0.3 is 0 Å². The van der Waals surface area contributed by atoms with Crippen LogP contribution in [0.1, 0.15) is 6.92 Å². The molecule has 0 fully saturated rings. The average Bonchev–Trinajstić information content (AvgIpc) is 2.12. The van der Waals surface area contributed by atoms with Gasteiger partial charge in [0.05, 0.1) is 12.7 Å². The molecule has 0 aromatic heterocycles. The molecule has 0 rings (SSSR count). The van der Waals surface area contributed by atoms with E-state index in [-0.39, 0.29) is 0 Å².